The zero-order valence-electron chi connectivity index (χ0n) is 9.28. The van der Waals surface area contributed by atoms with E-state index in [9.17, 15) is 0 Å². The minimum atomic E-state index is 0.717. The molecule has 1 aliphatic rings. The minimum absolute atomic E-state index is 0.717. The fraction of sp³-hybridized carbons (Fsp3) is 0.727. The van der Waals surface area contributed by atoms with Crippen LogP contribution in [0.4, 0.5) is 0 Å². The van der Waals surface area contributed by atoms with Gasteiger partial charge in [-0.3, -0.25) is 0 Å². The van der Waals surface area contributed by atoms with Crippen molar-refractivity contribution in [1.82, 2.24) is 14.9 Å². The topological polar surface area (TPSA) is 39.1 Å². The maximum absolute atomic E-state index is 5.32. The average molecular weight is 209 g/mol. The molecule has 0 radical (unpaired) electrons. The molecule has 1 saturated heterocycles. The summed E-state index contributed by atoms with van der Waals surface area (Å²) in [6.07, 6.45) is 5.08. The third kappa shape index (κ3) is 3.04. The van der Waals surface area contributed by atoms with Gasteiger partial charge in [-0.15, -0.1) is 0 Å². The second-order valence-electron chi connectivity index (χ2n) is 4.10. The molecule has 1 atom stereocenters. The number of nitrogens with zero attached hydrogens (tertiary/aromatic N) is 2. The number of ether oxygens (including phenoxy) is 1. The third-order valence-electron chi connectivity index (χ3n) is 2.91. The molecular formula is C11H19N3O. The summed E-state index contributed by atoms with van der Waals surface area (Å²) < 4.78 is 7.49. The van der Waals surface area contributed by atoms with E-state index < -0.39 is 0 Å². The van der Waals surface area contributed by atoms with Gasteiger partial charge in [-0.1, -0.05) is 0 Å². The quantitative estimate of drug-likeness (QED) is 0.730. The molecule has 84 valence electrons. The van der Waals surface area contributed by atoms with E-state index in [1.54, 1.807) is 0 Å². The summed E-state index contributed by atoms with van der Waals surface area (Å²) in [7, 11) is 0. The predicted molar refractivity (Wildman–Crippen MR) is 58.8 cm³/mol. The van der Waals surface area contributed by atoms with Gasteiger partial charge in [0.15, 0.2) is 0 Å². The maximum atomic E-state index is 5.32. The fourth-order valence-electron chi connectivity index (χ4n) is 1.89. The zero-order valence-corrected chi connectivity index (χ0v) is 9.28. The summed E-state index contributed by atoms with van der Waals surface area (Å²) in [6.45, 7) is 6.98. The van der Waals surface area contributed by atoms with E-state index in [4.69, 9.17) is 4.74 Å². The molecule has 0 spiro atoms. The molecule has 1 fully saturated rings. The van der Waals surface area contributed by atoms with Gasteiger partial charge in [0.25, 0.3) is 0 Å². The van der Waals surface area contributed by atoms with E-state index in [0.717, 1.165) is 38.7 Å². The Kier molecular flexibility index (Phi) is 3.75. The number of imidazole rings is 1. The van der Waals surface area contributed by atoms with Gasteiger partial charge >= 0.3 is 0 Å². The lowest BCUT2D eigenvalue weighted by Gasteiger charge is -2.10. The summed E-state index contributed by atoms with van der Waals surface area (Å²) >= 11 is 0. The van der Waals surface area contributed by atoms with E-state index in [0.29, 0.717) is 5.92 Å². The highest BCUT2D eigenvalue weighted by atomic mass is 16.5. The smallest absolute Gasteiger partial charge is 0.105 e. The Morgan fingerprint density at radius 2 is 2.60 bits per heavy atom. The monoisotopic (exact) mass is 209 g/mol. The van der Waals surface area contributed by atoms with Crippen LogP contribution in [0.2, 0.25) is 0 Å². The first-order valence-electron chi connectivity index (χ1n) is 5.62. The van der Waals surface area contributed by atoms with Crippen molar-refractivity contribution in [1.29, 1.82) is 0 Å². The van der Waals surface area contributed by atoms with Crippen molar-refractivity contribution in [3.8, 4) is 0 Å². The van der Waals surface area contributed by atoms with Crippen LogP contribution < -0.4 is 5.32 Å². The molecular weight excluding hydrogens is 190 g/mol. The van der Waals surface area contributed by atoms with Gasteiger partial charge in [-0.2, -0.15) is 0 Å². The van der Waals surface area contributed by atoms with Crippen LogP contribution in [0, 0.1) is 12.8 Å². The molecule has 2 rings (SSSR count). The van der Waals surface area contributed by atoms with Crippen LogP contribution in [-0.2, 0) is 11.3 Å². The molecule has 4 nitrogen and oxygen atoms in total. The highest BCUT2D eigenvalue weighted by Crippen LogP contribution is 2.10. The first-order chi connectivity index (χ1) is 7.36. The Hall–Kier alpha value is -0.870. The van der Waals surface area contributed by atoms with Crippen LogP contribution in [0.5, 0.6) is 0 Å². The molecule has 1 unspecified atom stereocenters. The summed E-state index contributed by atoms with van der Waals surface area (Å²) in [4.78, 5) is 4.19. The van der Waals surface area contributed by atoms with Crippen molar-refractivity contribution in [2.45, 2.75) is 19.9 Å². The van der Waals surface area contributed by atoms with E-state index >= 15 is 0 Å². The number of hydrogen-bond acceptors (Lipinski definition) is 3. The molecule has 1 aliphatic heterocycles. The summed E-state index contributed by atoms with van der Waals surface area (Å²) in [5, 5.41) is 3.46. The summed E-state index contributed by atoms with van der Waals surface area (Å²) in [6, 6.07) is 0. The highest BCUT2D eigenvalue weighted by Gasteiger charge is 2.14. The van der Waals surface area contributed by atoms with Crippen LogP contribution in [0.25, 0.3) is 0 Å². The number of aromatic nitrogens is 2. The highest BCUT2D eigenvalue weighted by molar-refractivity contribution is 4.88. The molecule has 4 heteroatoms. The van der Waals surface area contributed by atoms with E-state index in [1.807, 2.05) is 19.3 Å². The third-order valence-corrected chi connectivity index (χ3v) is 2.91. The minimum Gasteiger partial charge on any atom is -0.381 e. The Labute approximate surface area is 90.6 Å². The molecule has 1 aromatic heterocycles. The van der Waals surface area contributed by atoms with Crippen LogP contribution in [-0.4, -0.2) is 35.9 Å². The largest absolute Gasteiger partial charge is 0.381 e. The van der Waals surface area contributed by atoms with Crippen LogP contribution in [0.3, 0.4) is 0 Å². The van der Waals surface area contributed by atoms with Crippen molar-refractivity contribution >= 4 is 0 Å². The Balaban J connectivity index is 1.60. The average Bonchev–Trinajstić information content (AvgIpc) is 2.85. The molecule has 2 heterocycles. The van der Waals surface area contributed by atoms with Crippen LogP contribution in [0.1, 0.15) is 12.2 Å². The number of nitrogens with one attached hydrogen (secondary N) is 1. The van der Waals surface area contributed by atoms with Crippen LogP contribution >= 0.6 is 0 Å². The van der Waals surface area contributed by atoms with Gasteiger partial charge in [0.05, 0.1) is 6.61 Å². The van der Waals surface area contributed by atoms with Crippen molar-refractivity contribution in [2.24, 2.45) is 5.92 Å². The molecule has 0 amide bonds. The van der Waals surface area contributed by atoms with Crippen molar-refractivity contribution in [3.63, 3.8) is 0 Å². The van der Waals surface area contributed by atoms with Gasteiger partial charge in [0.2, 0.25) is 0 Å². The van der Waals surface area contributed by atoms with Crippen molar-refractivity contribution in [3.05, 3.63) is 18.2 Å². The Bertz CT molecular complexity index is 292. The predicted octanol–water partition coefficient (Wildman–Crippen LogP) is 0.818. The van der Waals surface area contributed by atoms with Gasteiger partial charge < -0.3 is 14.6 Å². The normalized spacial score (nSPS) is 21.0. The molecule has 0 saturated carbocycles. The van der Waals surface area contributed by atoms with Gasteiger partial charge in [0, 0.05) is 38.6 Å². The SMILES string of the molecule is Cc1nccn1CCNCC1CCOC1. The number of hydrogen-bond donors (Lipinski definition) is 1. The molecule has 1 N–H and O–H groups in total. The molecule has 0 bridgehead atoms. The molecule has 15 heavy (non-hydrogen) atoms. The van der Waals surface area contributed by atoms with Gasteiger partial charge in [0.1, 0.15) is 5.82 Å². The molecule has 0 aliphatic carbocycles. The lowest BCUT2D eigenvalue weighted by Crippen LogP contribution is -2.26. The van der Waals surface area contributed by atoms with Gasteiger partial charge in [-0.25, -0.2) is 4.98 Å². The van der Waals surface area contributed by atoms with E-state index in [-0.39, 0.29) is 0 Å². The Morgan fingerprint density at radius 1 is 1.67 bits per heavy atom. The second kappa shape index (κ2) is 5.28. The Morgan fingerprint density at radius 3 is 3.27 bits per heavy atom. The second-order valence-corrected chi connectivity index (χ2v) is 4.10. The molecule has 1 aromatic rings. The van der Waals surface area contributed by atoms with Crippen molar-refractivity contribution < 1.29 is 4.74 Å². The lowest BCUT2D eigenvalue weighted by molar-refractivity contribution is 0.185. The zero-order chi connectivity index (χ0) is 10.5. The number of rotatable bonds is 5. The first kappa shape index (κ1) is 10.6. The molecule has 0 aromatic carbocycles. The van der Waals surface area contributed by atoms with E-state index in [1.165, 1.54) is 6.42 Å². The maximum Gasteiger partial charge on any atom is 0.105 e. The summed E-state index contributed by atoms with van der Waals surface area (Å²) in [5.41, 5.74) is 0. The number of aryl methyl sites for hydroxylation is 1. The summed E-state index contributed by atoms with van der Waals surface area (Å²) in [5.74, 6) is 1.80. The fourth-order valence-corrected chi connectivity index (χ4v) is 1.89. The standard InChI is InChI=1S/C11H19N3O/c1-10-13-4-6-14(10)5-3-12-8-11-2-7-15-9-11/h4,6,11-12H,2-3,5,7-9H2,1H3. The van der Waals surface area contributed by atoms with Gasteiger partial charge in [-0.05, 0) is 19.3 Å². The van der Waals surface area contributed by atoms with Crippen LogP contribution in [0.15, 0.2) is 12.4 Å². The van der Waals surface area contributed by atoms with Crippen molar-refractivity contribution in [2.75, 3.05) is 26.3 Å². The van der Waals surface area contributed by atoms with E-state index in [2.05, 4.69) is 14.9 Å². The lowest BCUT2D eigenvalue weighted by atomic mass is 10.1. The first-order valence-corrected chi connectivity index (χ1v) is 5.62.